The summed E-state index contributed by atoms with van der Waals surface area (Å²) in [6.45, 7) is 1.87. The van der Waals surface area contributed by atoms with Gasteiger partial charge in [0.1, 0.15) is 11.5 Å². The van der Waals surface area contributed by atoms with Crippen molar-refractivity contribution in [3.8, 4) is 11.3 Å². The molecule has 3 aromatic rings. The van der Waals surface area contributed by atoms with Gasteiger partial charge in [0.2, 0.25) is 0 Å². The molecule has 1 aromatic heterocycles. The average molecular weight is 490 g/mol. The SMILES string of the molecule is Cc1ccc(C(=O)O)cc1-c1ccc(/C=C2/SC(=S)N(c3ccc(Cl)c(Cl)c3)C2=O)o1. The number of aryl methyl sites for hydroxylation is 1. The van der Waals surface area contributed by atoms with Gasteiger partial charge in [0, 0.05) is 11.6 Å². The molecule has 0 saturated carbocycles. The van der Waals surface area contributed by atoms with Gasteiger partial charge in [-0.2, -0.15) is 0 Å². The maximum atomic E-state index is 12.9. The standard InChI is InChI=1S/C22H13Cl2NO4S2/c1-11-2-3-12(21(27)28)8-15(11)18-7-5-14(29-18)10-19-20(26)25(22(30)31-19)13-4-6-16(23)17(24)9-13/h2-10H,1H3,(H,27,28)/b19-10+. The van der Waals surface area contributed by atoms with Gasteiger partial charge in [0.25, 0.3) is 5.91 Å². The Labute approximate surface area is 197 Å². The van der Waals surface area contributed by atoms with Gasteiger partial charge in [-0.3, -0.25) is 9.69 Å². The van der Waals surface area contributed by atoms with Crippen molar-refractivity contribution >= 4 is 75.1 Å². The Balaban J connectivity index is 1.63. The van der Waals surface area contributed by atoms with E-state index in [0.29, 0.717) is 42.0 Å². The fraction of sp³-hybridized carbons (Fsp3) is 0.0455. The molecule has 0 bridgehead atoms. The molecule has 1 amide bonds. The Morgan fingerprint density at radius 3 is 2.61 bits per heavy atom. The number of hydrogen-bond donors (Lipinski definition) is 1. The molecule has 1 saturated heterocycles. The third-order valence-corrected chi connectivity index (χ3v) is 6.65. The van der Waals surface area contributed by atoms with Crippen molar-refractivity contribution in [1.82, 2.24) is 0 Å². The summed E-state index contributed by atoms with van der Waals surface area (Å²) in [6, 6.07) is 13.1. The van der Waals surface area contributed by atoms with Gasteiger partial charge in [0.05, 0.1) is 26.2 Å². The lowest BCUT2D eigenvalue weighted by Crippen LogP contribution is -2.27. The molecule has 0 unspecified atom stereocenters. The zero-order valence-electron chi connectivity index (χ0n) is 15.9. The van der Waals surface area contributed by atoms with Crippen LogP contribution in [0, 0.1) is 6.92 Å². The molecule has 1 fully saturated rings. The lowest BCUT2D eigenvalue weighted by atomic mass is 10.0. The van der Waals surface area contributed by atoms with Gasteiger partial charge in [-0.05, 0) is 55.0 Å². The lowest BCUT2D eigenvalue weighted by molar-refractivity contribution is -0.113. The van der Waals surface area contributed by atoms with E-state index in [2.05, 4.69) is 0 Å². The highest BCUT2D eigenvalue weighted by Gasteiger charge is 2.33. The number of hydrogen-bond acceptors (Lipinski definition) is 5. The molecule has 4 rings (SSSR count). The predicted molar refractivity (Wildman–Crippen MR) is 128 cm³/mol. The minimum atomic E-state index is -1.01. The van der Waals surface area contributed by atoms with E-state index < -0.39 is 5.97 Å². The molecule has 2 aromatic carbocycles. The Hall–Kier alpha value is -2.58. The fourth-order valence-corrected chi connectivity index (χ4v) is 4.61. The van der Waals surface area contributed by atoms with Crippen LogP contribution >= 0.6 is 47.2 Å². The van der Waals surface area contributed by atoms with Gasteiger partial charge < -0.3 is 9.52 Å². The fourth-order valence-electron chi connectivity index (χ4n) is 3.04. The molecule has 2 heterocycles. The van der Waals surface area contributed by atoms with Crippen molar-refractivity contribution in [1.29, 1.82) is 0 Å². The predicted octanol–water partition coefficient (Wildman–Crippen LogP) is 6.67. The number of anilines is 1. The Bertz CT molecular complexity index is 1280. The van der Waals surface area contributed by atoms with Crippen LogP contribution in [0.3, 0.4) is 0 Å². The second kappa shape index (κ2) is 8.51. The molecule has 0 radical (unpaired) electrons. The van der Waals surface area contributed by atoms with Crippen LogP contribution in [0.4, 0.5) is 5.69 Å². The first kappa shape index (κ1) is 21.6. The van der Waals surface area contributed by atoms with Crippen molar-refractivity contribution in [2.45, 2.75) is 6.92 Å². The zero-order chi connectivity index (χ0) is 22.3. The van der Waals surface area contributed by atoms with E-state index in [0.717, 1.165) is 17.3 Å². The number of carboxylic acids is 1. The smallest absolute Gasteiger partial charge is 0.335 e. The summed E-state index contributed by atoms with van der Waals surface area (Å²) in [6.07, 6.45) is 1.61. The number of carbonyl (C=O) groups excluding carboxylic acids is 1. The summed E-state index contributed by atoms with van der Waals surface area (Å²) in [5.41, 5.74) is 2.24. The number of rotatable bonds is 4. The first-order chi connectivity index (χ1) is 14.7. The number of carboxylic acid groups (broad SMARTS) is 1. The summed E-state index contributed by atoms with van der Waals surface area (Å²) in [5.74, 6) is -0.356. The second-order valence-electron chi connectivity index (χ2n) is 6.65. The van der Waals surface area contributed by atoms with Crippen molar-refractivity contribution in [3.63, 3.8) is 0 Å². The minimum absolute atomic E-state index is 0.168. The van der Waals surface area contributed by atoms with Gasteiger partial charge in [-0.1, -0.05) is 53.2 Å². The molecule has 0 spiro atoms. The van der Waals surface area contributed by atoms with Crippen LogP contribution in [-0.2, 0) is 4.79 Å². The number of carbonyl (C=O) groups is 2. The van der Waals surface area contributed by atoms with Crippen LogP contribution in [-0.4, -0.2) is 21.3 Å². The quantitative estimate of drug-likeness (QED) is 0.326. The highest BCUT2D eigenvalue weighted by atomic mass is 35.5. The second-order valence-corrected chi connectivity index (χ2v) is 9.14. The van der Waals surface area contributed by atoms with E-state index in [1.54, 1.807) is 54.6 Å². The van der Waals surface area contributed by atoms with Crippen LogP contribution in [0.15, 0.2) is 57.9 Å². The average Bonchev–Trinajstić information content (AvgIpc) is 3.29. The number of aromatic carboxylic acids is 1. The maximum Gasteiger partial charge on any atom is 0.335 e. The topological polar surface area (TPSA) is 70.8 Å². The number of thiocarbonyl (C=S) groups is 1. The van der Waals surface area contributed by atoms with Gasteiger partial charge in [-0.15, -0.1) is 0 Å². The number of nitrogens with zero attached hydrogens (tertiary/aromatic N) is 1. The molecule has 5 nitrogen and oxygen atoms in total. The van der Waals surface area contributed by atoms with Crippen LogP contribution in [0.25, 0.3) is 17.4 Å². The van der Waals surface area contributed by atoms with Gasteiger partial charge >= 0.3 is 5.97 Å². The zero-order valence-corrected chi connectivity index (χ0v) is 19.0. The highest BCUT2D eigenvalue weighted by Crippen LogP contribution is 2.38. The van der Waals surface area contributed by atoms with E-state index >= 15 is 0 Å². The normalized spacial score (nSPS) is 15.2. The first-order valence-electron chi connectivity index (χ1n) is 8.92. The molecular formula is C22H13Cl2NO4S2. The van der Waals surface area contributed by atoms with E-state index in [1.165, 1.54) is 4.90 Å². The van der Waals surface area contributed by atoms with Crippen LogP contribution in [0.5, 0.6) is 0 Å². The van der Waals surface area contributed by atoms with Gasteiger partial charge in [-0.25, -0.2) is 4.79 Å². The number of thioether (sulfide) groups is 1. The number of halogens is 2. The van der Waals surface area contributed by atoms with E-state index in [4.69, 9.17) is 39.8 Å². The Morgan fingerprint density at radius 2 is 1.90 bits per heavy atom. The van der Waals surface area contributed by atoms with Crippen molar-refractivity contribution in [3.05, 3.63) is 80.4 Å². The lowest BCUT2D eigenvalue weighted by Gasteiger charge is -2.15. The summed E-state index contributed by atoms with van der Waals surface area (Å²) in [5, 5.41) is 9.95. The van der Waals surface area contributed by atoms with Crippen molar-refractivity contribution in [2.24, 2.45) is 0 Å². The maximum absolute atomic E-state index is 12.9. The third-order valence-electron chi connectivity index (χ3n) is 4.61. The first-order valence-corrected chi connectivity index (χ1v) is 10.9. The van der Waals surface area contributed by atoms with Gasteiger partial charge in [0.15, 0.2) is 4.32 Å². The molecule has 31 heavy (non-hydrogen) atoms. The summed E-state index contributed by atoms with van der Waals surface area (Å²) < 4.78 is 6.24. The molecular weight excluding hydrogens is 477 g/mol. The van der Waals surface area contributed by atoms with Crippen LogP contribution in [0.1, 0.15) is 21.7 Å². The molecule has 0 atom stereocenters. The molecule has 156 valence electrons. The molecule has 1 aliphatic rings. The van der Waals surface area contributed by atoms with Crippen molar-refractivity contribution < 1.29 is 19.1 Å². The minimum Gasteiger partial charge on any atom is -0.478 e. The highest BCUT2D eigenvalue weighted by molar-refractivity contribution is 8.27. The number of amides is 1. The summed E-state index contributed by atoms with van der Waals surface area (Å²) in [4.78, 5) is 26.0. The third kappa shape index (κ3) is 4.27. The number of benzene rings is 2. The number of furan rings is 1. The van der Waals surface area contributed by atoms with E-state index in [-0.39, 0.29) is 11.5 Å². The molecule has 0 aliphatic carbocycles. The van der Waals surface area contributed by atoms with Crippen LogP contribution < -0.4 is 4.90 Å². The largest absolute Gasteiger partial charge is 0.478 e. The molecule has 1 aliphatic heterocycles. The van der Waals surface area contributed by atoms with E-state index in [1.807, 2.05) is 6.92 Å². The molecule has 9 heteroatoms. The van der Waals surface area contributed by atoms with E-state index in [9.17, 15) is 14.7 Å². The Kier molecular flexibility index (Phi) is 5.94. The monoisotopic (exact) mass is 489 g/mol. The Morgan fingerprint density at radius 1 is 1.13 bits per heavy atom. The van der Waals surface area contributed by atoms with Crippen molar-refractivity contribution in [2.75, 3.05) is 4.90 Å². The molecule has 1 N–H and O–H groups in total. The summed E-state index contributed by atoms with van der Waals surface area (Å²) >= 11 is 18.6. The van der Waals surface area contributed by atoms with Crippen LogP contribution in [0.2, 0.25) is 10.0 Å². The summed E-state index contributed by atoms with van der Waals surface area (Å²) in [7, 11) is 0.